The van der Waals surface area contributed by atoms with Crippen molar-refractivity contribution in [3.63, 3.8) is 0 Å². The molecule has 0 atom stereocenters. The molecule has 0 bridgehead atoms. The van der Waals surface area contributed by atoms with Gasteiger partial charge in [0.05, 0.1) is 5.75 Å². The van der Waals surface area contributed by atoms with Gasteiger partial charge in [-0.3, -0.25) is 0 Å². The summed E-state index contributed by atoms with van der Waals surface area (Å²) < 4.78 is 27.4. The van der Waals surface area contributed by atoms with Gasteiger partial charge in [0.25, 0.3) is 0 Å². The number of piperazine rings is 1. The summed E-state index contributed by atoms with van der Waals surface area (Å²) in [6.07, 6.45) is 4.13. The number of nitrogens with zero attached hydrogens (tertiary/aromatic N) is 6. The van der Waals surface area contributed by atoms with Crippen molar-refractivity contribution in [1.29, 1.82) is 0 Å². The van der Waals surface area contributed by atoms with E-state index in [0.717, 1.165) is 5.82 Å². The SMILES string of the molecule is CCCS(=O)(=O)N1CCN(c2ccc(-n3cccn3)nn2)CC1. The normalized spacial score (nSPS) is 16.7. The Bertz CT molecular complexity index is 721. The molecule has 2 aromatic heterocycles. The van der Waals surface area contributed by atoms with Gasteiger partial charge in [-0.25, -0.2) is 13.1 Å². The molecular weight excluding hydrogens is 316 g/mol. The Kier molecular flexibility index (Phi) is 4.58. The highest BCUT2D eigenvalue weighted by Crippen LogP contribution is 2.16. The molecule has 3 heterocycles. The van der Waals surface area contributed by atoms with Crippen molar-refractivity contribution in [2.75, 3.05) is 36.8 Å². The quantitative estimate of drug-likeness (QED) is 0.792. The average molecular weight is 336 g/mol. The van der Waals surface area contributed by atoms with Gasteiger partial charge in [-0.15, -0.1) is 10.2 Å². The second-order valence-corrected chi connectivity index (χ2v) is 7.49. The summed E-state index contributed by atoms with van der Waals surface area (Å²) in [6.45, 7) is 4.11. The zero-order valence-corrected chi connectivity index (χ0v) is 13.9. The minimum atomic E-state index is -3.12. The highest BCUT2D eigenvalue weighted by atomic mass is 32.2. The van der Waals surface area contributed by atoms with Crippen LogP contribution in [-0.4, -0.2) is 64.6 Å². The molecule has 1 aliphatic rings. The van der Waals surface area contributed by atoms with Gasteiger partial charge >= 0.3 is 0 Å². The van der Waals surface area contributed by atoms with E-state index >= 15 is 0 Å². The Morgan fingerprint density at radius 1 is 1.09 bits per heavy atom. The van der Waals surface area contributed by atoms with Gasteiger partial charge in [-0.05, 0) is 24.6 Å². The molecule has 0 radical (unpaired) electrons. The maximum Gasteiger partial charge on any atom is 0.214 e. The summed E-state index contributed by atoms with van der Waals surface area (Å²) in [7, 11) is -3.12. The van der Waals surface area contributed by atoms with Crippen molar-refractivity contribution in [3.05, 3.63) is 30.6 Å². The molecule has 8 nitrogen and oxygen atoms in total. The molecule has 2 aromatic rings. The minimum absolute atomic E-state index is 0.214. The topological polar surface area (TPSA) is 84.2 Å². The van der Waals surface area contributed by atoms with Crippen LogP contribution in [0.3, 0.4) is 0 Å². The summed E-state index contributed by atoms with van der Waals surface area (Å²) >= 11 is 0. The van der Waals surface area contributed by atoms with Crippen LogP contribution >= 0.6 is 0 Å². The fourth-order valence-corrected chi connectivity index (χ4v) is 4.09. The van der Waals surface area contributed by atoms with E-state index in [-0.39, 0.29) is 5.75 Å². The maximum absolute atomic E-state index is 12.1. The molecule has 1 fully saturated rings. The smallest absolute Gasteiger partial charge is 0.214 e. The predicted octanol–water partition coefficient (Wildman–Crippen LogP) is 0.524. The van der Waals surface area contributed by atoms with Crippen LogP contribution in [0.5, 0.6) is 0 Å². The fraction of sp³-hybridized carbons (Fsp3) is 0.500. The Morgan fingerprint density at radius 3 is 2.35 bits per heavy atom. The Labute approximate surface area is 135 Å². The van der Waals surface area contributed by atoms with Crippen molar-refractivity contribution in [1.82, 2.24) is 24.3 Å². The summed E-state index contributed by atoms with van der Waals surface area (Å²) in [5.74, 6) is 1.63. The molecule has 0 N–H and O–H groups in total. The number of aromatic nitrogens is 4. The predicted molar refractivity (Wildman–Crippen MR) is 87.0 cm³/mol. The first-order chi connectivity index (χ1) is 11.1. The maximum atomic E-state index is 12.1. The van der Waals surface area contributed by atoms with Crippen molar-refractivity contribution in [2.45, 2.75) is 13.3 Å². The van der Waals surface area contributed by atoms with Crippen LogP contribution < -0.4 is 4.90 Å². The van der Waals surface area contributed by atoms with Crippen LogP contribution in [0.1, 0.15) is 13.3 Å². The van der Waals surface area contributed by atoms with Crippen molar-refractivity contribution in [2.24, 2.45) is 0 Å². The molecule has 0 amide bonds. The molecule has 0 spiro atoms. The zero-order chi connectivity index (χ0) is 16.3. The Hall–Kier alpha value is -2.00. The lowest BCUT2D eigenvalue weighted by Gasteiger charge is -2.34. The summed E-state index contributed by atoms with van der Waals surface area (Å²) in [4.78, 5) is 2.05. The van der Waals surface area contributed by atoms with Crippen LogP contribution in [0.15, 0.2) is 30.6 Å². The van der Waals surface area contributed by atoms with Gasteiger partial charge in [-0.2, -0.15) is 9.40 Å². The van der Waals surface area contributed by atoms with E-state index < -0.39 is 10.0 Å². The third-order valence-electron chi connectivity index (χ3n) is 3.79. The first kappa shape index (κ1) is 15.9. The monoisotopic (exact) mass is 336 g/mol. The molecule has 23 heavy (non-hydrogen) atoms. The lowest BCUT2D eigenvalue weighted by molar-refractivity contribution is 0.383. The van der Waals surface area contributed by atoms with E-state index in [4.69, 9.17) is 0 Å². The molecule has 1 aliphatic heterocycles. The van der Waals surface area contributed by atoms with Gasteiger partial charge < -0.3 is 4.90 Å². The first-order valence-electron chi connectivity index (χ1n) is 7.66. The second kappa shape index (κ2) is 6.63. The molecule has 0 aliphatic carbocycles. The molecule has 3 rings (SSSR count). The summed E-state index contributed by atoms with van der Waals surface area (Å²) in [5.41, 5.74) is 0. The first-order valence-corrected chi connectivity index (χ1v) is 9.27. The molecule has 1 saturated heterocycles. The van der Waals surface area contributed by atoms with E-state index in [0.29, 0.717) is 38.4 Å². The fourth-order valence-electron chi connectivity index (χ4n) is 2.60. The van der Waals surface area contributed by atoms with Gasteiger partial charge in [0, 0.05) is 38.6 Å². The Balaban J connectivity index is 1.64. The third-order valence-corrected chi connectivity index (χ3v) is 5.87. The van der Waals surface area contributed by atoms with Crippen molar-refractivity contribution >= 4 is 15.8 Å². The number of hydrogen-bond acceptors (Lipinski definition) is 6. The number of anilines is 1. The molecule has 0 unspecified atom stereocenters. The van der Waals surface area contributed by atoms with Crippen LogP contribution in [-0.2, 0) is 10.0 Å². The van der Waals surface area contributed by atoms with Crippen LogP contribution in [0.25, 0.3) is 5.82 Å². The van der Waals surface area contributed by atoms with Crippen molar-refractivity contribution < 1.29 is 8.42 Å². The van der Waals surface area contributed by atoms with E-state index in [1.165, 1.54) is 0 Å². The number of sulfonamides is 1. The van der Waals surface area contributed by atoms with Crippen molar-refractivity contribution in [3.8, 4) is 5.82 Å². The molecular formula is C14H20N6O2S. The highest BCUT2D eigenvalue weighted by Gasteiger charge is 2.26. The average Bonchev–Trinajstić information content (AvgIpc) is 3.10. The molecule has 0 aromatic carbocycles. The lowest BCUT2D eigenvalue weighted by Crippen LogP contribution is -2.49. The standard InChI is InChI=1S/C14H20N6O2S/c1-2-12-23(21,22)19-10-8-18(9-11-19)13-4-5-14(17-16-13)20-7-3-6-15-20/h3-7H,2,8-12H2,1H3. The lowest BCUT2D eigenvalue weighted by atomic mass is 10.3. The van der Waals surface area contributed by atoms with E-state index in [9.17, 15) is 8.42 Å². The highest BCUT2D eigenvalue weighted by molar-refractivity contribution is 7.89. The summed E-state index contributed by atoms with van der Waals surface area (Å²) in [6, 6.07) is 5.57. The van der Waals surface area contributed by atoms with E-state index in [1.54, 1.807) is 21.4 Å². The van der Waals surface area contributed by atoms with Crippen LogP contribution in [0.2, 0.25) is 0 Å². The largest absolute Gasteiger partial charge is 0.352 e. The Morgan fingerprint density at radius 2 is 1.78 bits per heavy atom. The van der Waals surface area contributed by atoms with Crippen LogP contribution in [0, 0.1) is 0 Å². The van der Waals surface area contributed by atoms with Crippen LogP contribution in [0.4, 0.5) is 5.82 Å². The third kappa shape index (κ3) is 3.50. The number of hydrogen-bond donors (Lipinski definition) is 0. The van der Waals surface area contributed by atoms with E-state index in [2.05, 4.69) is 20.2 Å². The summed E-state index contributed by atoms with van der Waals surface area (Å²) in [5, 5.41) is 12.5. The zero-order valence-electron chi connectivity index (χ0n) is 13.0. The molecule has 0 saturated carbocycles. The van der Waals surface area contributed by atoms with Gasteiger partial charge in [0.1, 0.15) is 0 Å². The minimum Gasteiger partial charge on any atom is -0.352 e. The van der Waals surface area contributed by atoms with Gasteiger partial charge in [0.15, 0.2) is 11.6 Å². The molecule has 124 valence electrons. The second-order valence-electron chi connectivity index (χ2n) is 5.40. The van der Waals surface area contributed by atoms with E-state index in [1.807, 2.05) is 25.1 Å². The molecule has 9 heteroatoms. The van der Waals surface area contributed by atoms with Gasteiger partial charge in [-0.1, -0.05) is 6.92 Å². The van der Waals surface area contributed by atoms with Gasteiger partial charge in [0.2, 0.25) is 10.0 Å². The number of rotatable bonds is 5.